The molecule has 2 aliphatic rings. The van der Waals surface area contributed by atoms with Crippen LogP contribution in [0.3, 0.4) is 0 Å². The molecule has 0 aromatic carbocycles. The van der Waals surface area contributed by atoms with Gasteiger partial charge in [0.2, 0.25) is 6.41 Å². The number of β-lactam (4-membered cyclic amide) rings is 1. The van der Waals surface area contributed by atoms with E-state index >= 15 is 0 Å². The summed E-state index contributed by atoms with van der Waals surface area (Å²) in [5.41, 5.74) is 0.739. The van der Waals surface area contributed by atoms with Crippen molar-refractivity contribution in [3.05, 3.63) is 57.2 Å². The van der Waals surface area contributed by atoms with Crippen molar-refractivity contribution >= 4 is 76.0 Å². The number of hydrogen-bond acceptors (Lipinski definition) is 11. The van der Waals surface area contributed by atoms with Crippen molar-refractivity contribution in [2.75, 3.05) is 17.7 Å². The maximum absolute atomic E-state index is 13.0. The van der Waals surface area contributed by atoms with Crippen molar-refractivity contribution in [2.45, 2.75) is 18.3 Å². The van der Waals surface area contributed by atoms with Gasteiger partial charge in [-0.25, -0.2) is 9.78 Å². The third-order valence-corrected chi connectivity index (χ3v) is 8.14. The van der Waals surface area contributed by atoms with Crippen LogP contribution in [-0.2, 0) is 24.0 Å². The van der Waals surface area contributed by atoms with Crippen molar-refractivity contribution in [1.29, 1.82) is 0 Å². The number of nitrogens with one attached hydrogen (secondary N) is 2. The number of aliphatic carboxylic acids is 1. The van der Waals surface area contributed by atoms with Gasteiger partial charge in [-0.2, -0.15) is 0 Å². The molecule has 0 aliphatic carbocycles. The lowest BCUT2D eigenvalue weighted by Crippen LogP contribution is -2.71. The number of aromatic nitrogens is 2. The smallest absolute Gasteiger partial charge is 0.353 e. The van der Waals surface area contributed by atoms with E-state index in [0.29, 0.717) is 17.1 Å². The molecule has 2 aromatic heterocycles. The quantitative estimate of drug-likeness (QED) is 0.160. The second-order valence-corrected chi connectivity index (χ2v) is 10.3. The van der Waals surface area contributed by atoms with Gasteiger partial charge >= 0.3 is 5.97 Å². The highest BCUT2D eigenvalue weighted by Gasteiger charge is 2.54. The van der Waals surface area contributed by atoms with Crippen LogP contribution in [0.1, 0.15) is 18.2 Å². The number of fused-ring (bicyclic) bond motifs is 1. The molecule has 2 aromatic rings. The van der Waals surface area contributed by atoms with Crippen LogP contribution in [0.5, 0.6) is 0 Å². The second-order valence-electron chi connectivity index (χ2n) is 7.30. The normalized spacial score (nSPS) is 19.3. The summed E-state index contributed by atoms with van der Waals surface area (Å²) in [6.07, 6.45) is 5.59. The minimum Gasteiger partial charge on any atom is -0.477 e. The standard InChI is InChI=1S/C22H20N6O6S3/c1-2-34-27-15(13-9-37-22(25-13)24-11-29)18(30)26-16-19(31)28-17(21(32)33)14(10-36-20(16)28)35-7-5-12-4-3-6-23-8-12/h3-9,11,16,20H,2,10H2,1H3,(H,26,30)(H,32,33)(H,24,25,29)/b7-5-,27-15-/t16?,20-/m1/s1. The number of carbonyl (C=O) groups is 4. The van der Waals surface area contributed by atoms with Crippen LogP contribution in [0, 0.1) is 0 Å². The fourth-order valence-corrected chi connectivity index (χ4v) is 6.40. The molecular formula is C22H20N6O6S3. The number of carbonyl (C=O) groups excluding carboxylic acids is 3. The van der Waals surface area contributed by atoms with Crippen LogP contribution in [0.2, 0.25) is 0 Å². The van der Waals surface area contributed by atoms with E-state index in [9.17, 15) is 24.3 Å². The van der Waals surface area contributed by atoms with Crippen LogP contribution in [0.4, 0.5) is 5.13 Å². The lowest BCUT2D eigenvalue weighted by molar-refractivity contribution is -0.150. The summed E-state index contributed by atoms with van der Waals surface area (Å²) in [6.45, 7) is 1.88. The summed E-state index contributed by atoms with van der Waals surface area (Å²) >= 11 is 3.65. The molecule has 1 unspecified atom stereocenters. The summed E-state index contributed by atoms with van der Waals surface area (Å²) in [4.78, 5) is 63.6. The molecule has 1 saturated heterocycles. The number of amides is 3. The van der Waals surface area contributed by atoms with Crippen LogP contribution in [0.15, 0.2) is 51.1 Å². The van der Waals surface area contributed by atoms with Gasteiger partial charge in [0.05, 0.1) is 0 Å². The SMILES string of the molecule is CCO/N=C(\C(=O)NC1C(=O)N2C(C(=O)O)=C(S/C=C\c3cccnc3)CS[C@H]12)c1csc(NC=O)n1. The summed E-state index contributed by atoms with van der Waals surface area (Å²) in [5, 5.41) is 21.6. The second kappa shape index (κ2) is 12.0. The Balaban J connectivity index is 1.48. The Bertz CT molecular complexity index is 1290. The molecular weight excluding hydrogens is 540 g/mol. The van der Waals surface area contributed by atoms with Crippen molar-refractivity contribution < 1.29 is 29.1 Å². The molecule has 192 valence electrons. The average Bonchev–Trinajstić information content (AvgIpc) is 3.36. The van der Waals surface area contributed by atoms with Gasteiger partial charge in [0.25, 0.3) is 11.8 Å². The maximum Gasteiger partial charge on any atom is 0.353 e. The zero-order chi connectivity index (χ0) is 26.4. The van der Waals surface area contributed by atoms with Gasteiger partial charge < -0.3 is 20.6 Å². The number of thiazole rings is 1. The highest BCUT2D eigenvalue weighted by Crippen LogP contribution is 2.43. The Labute approximate surface area is 223 Å². The first-order valence-electron chi connectivity index (χ1n) is 10.8. The van der Waals surface area contributed by atoms with Crippen molar-refractivity contribution in [2.24, 2.45) is 5.16 Å². The molecule has 15 heteroatoms. The van der Waals surface area contributed by atoms with E-state index in [4.69, 9.17) is 4.84 Å². The number of hydrogen-bond donors (Lipinski definition) is 3. The van der Waals surface area contributed by atoms with E-state index in [1.165, 1.54) is 33.8 Å². The molecule has 0 spiro atoms. The Hall–Kier alpha value is -3.69. The van der Waals surface area contributed by atoms with E-state index < -0.39 is 29.2 Å². The van der Waals surface area contributed by atoms with Crippen molar-refractivity contribution in [1.82, 2.24) is 20.2 Å². The molecule has 4 rings (SSSR count). The fraction of sp³-hybridized carbons (Fsp3) is 0.227. The predicted molar refractivity (Wildman–Crippen MR) is 141 cm³/mol. The molecule has 2 atom stereocenters. The lowest BCUT2D eigenvalue weighted by Gasteiger charge is -2.49. The number of rotatable bonds is 11. The van der Waals surface area contributed by atoms with Gasteiger partial charge in [0.1, 0.15) is 29.4 Å². The van der Waals surface area contributed by atoms with Gasteiger partial charge in [-0.3, -0.25) is 24.3 Å². The van der Waals surface area contributed by atoms with Crippen LogP contribution < -0.4 is 10.6 Å². The number of thioether (sulfide) groups is 2. The van der Waals surface area contributed by atoms with Crippen molar-refractivity contribution in [3.63, 3.8) is 0 Å². The monoisotopic (exact) mass is 560 g/mol. The summed E-state index contributed by atoms with van der Waals surface area (Å²) < 4.78 is 0. The topological polar surface area (TPSA) is 163 Å². The number of carboxylic acids is 1. The van der Waals surface area contributed by atoms with Crippen LogP contribution >= 0.6 is 34.9 Å². The van der Waals surface area contributed by atoms with Crippen LogP contribution in [-0.4, -0.2) is 73.7 Å². The molecule has 1 fully saturated rings. The zero-order valence-electron chi connectivity index (χ0n) is 19.2. The molecule has 3 N–H and O–H groups in total. The average molecular weight is 561 g/mol. The predicted octanol–water partition coefficient (Wildman–Crippen LogP) is 1.95. The number of pyridine rings is 1. The summed E-state index contributed by atoms with van der Waals surface area (Å²) in [6, 6.07) is 2.70. The Morgan fingerprint density at radius 1 is 1.43 bits per heavy atom. The number of nitrogens with zero attached hydrogens (tertiary/aromatic N) is 4. The number of oxime groups is 1. The minimum atomic E-state index is -1.23. The van der Waals surface area contributed by atoms with Gasteiger partial charge in [-0.1, -0.05) is 23.0 Å². The van der Waals surface area contributed by atoms with E-state index in [2.05, 4.69) is 25.8 Å². The maximum atomic E-state index is 13.0. The molecule has 4 heterocycles. The third kappa shape index (κ3) is 5.84. The van der Waals surface area contributed by atoms with Gasteiger partial charge in [0, 0.05) is 28.4 Å². The minimum absolute atomic E-state index is 0.104. The molecule has 0 radical (unpaired) electrons. The third-order valence-electron chi connectivity index (χ3n) is 5.01. The van der Waals surface area contributed by atoms with E-state index in [-0.39, 0.29) is 28.8 Å². The van der Waals surface area contributed by atoms with E-state index in [1.54, 1.807) is 36.9 Å². The van der Waals surface area contributed by atoms with Crippen LogP contribution in [0.25, 0.3) is 6.08 Å². The van der Waals surface area contributed by atoms with E-state index in [1.807, 2.05) is 6.07 Å². The Morgan fingerprint density at radius 3 is 2.97 bits per heavy atom. The first-order chi connectivity index (χ1) is 17.9. The Kier molecular flexibility index (Phi) is 8.58. The van der Waals surface area contributed by atoms with E-state index in [0.717, 1.165) is 16.9 Å². The number of carboxylic acid groups (broad SMARTS) is 1. The molecule has 0 bridgehead atoms. The summed E-state index contributed by atoms with van der Waals surface area (Å²) in [5.74, 6) is -2.14. The highest BCUT2D eigenvalue weighted by molar-refractivity contribution is 8.08. The zero-order valence-corrected chi connectivity index (χ0v) is 21.6. The first kappa shape index (κ1) is 26.4. The molecule has 37 heavy (non-hydrogen) atoms. The Morgan fingerprint density at radius 2 is 2.27 bits per heavy atom. The fourth-order valence-electron chi connectivity index (χ4n) is 3.39. The highest BCUT2D eigenvalue weighted by atomic mass is 32.2. The number of anilines is 1. The molecule has 12 nitrogen and oxygen atoms in total. The first-order valence-corrected chi connectivity index (χ1v) is 13.6. The molecule has 0 saturated carbocycles. The van der Waals surface area contributed by atoms with Gasteiger partial charge in [-0.15, -0.1) is 23.1 Å². The molecule has 2 aliphatic heterocycles. The lowest BCUT2D eigenvalue weighted by atomic mass is 10.0. The van der Waals surface area contributed by atoms with Gasteiger partial charge in [-0.05, 0) is 30.0 Å². The van der Waals surface area contributed by atoms with Gasteiger partial charge in [0.15, 0.2) is 10.8 Å². The largest absolute Gasteiger partial charge is 0.477 e. The molecule has 3 amide bonds. The summed E-state index contributed by atoms with van der Waals surface area (Å²) in [7, 11) is 0. The van der Waals surface area contributed by atoms with Crippen molar-refractivity contribution in [3.8, 4) is 0 Å².